The van der Waals surface area contributed by atoms with E-state index >= 15 is 0 Å². The highest BCUT2D eigenvalue weighted by molar-refractivity contribution is 9.10. The van der Waals surface area contributed by atoms with Gasteiger partial charge in [0.05, 0.1) is 17.9 Å². The van der Waals surface area contributed by atoms with Gasteiger partial charge in [-0.05, 0) is 53.2 Å². The molecule has 0 amide bonds. The number of pyridine rings is 1. The minimum Gasteiger partial charge on any atom is -0.469 e. The lowest BCUT2D eigenvalue weighted by Crippen LogP contribution is -2.07. The van der Waals surface area contributed by atoms with Crippen molar-refractivity contribution in [1.82, 2.24) is 35.0 Å². The number of hydrogen-bond donors (Lipinski definition) is 0. The molecule has 136 valence electrons. The van der Waals surface area contributed by atoms with Crippen molar-refractivity contribution in [3.05, 3.63) is 34.2 Å². The van der Waals surface area contributed by atoms with Crippen LogP contribution in [0.25, 0.3) is 11.4 Å². The topological polar surface area (TPSA) is 83.5 Å². The Morgan fingerprint density at radius 1 is 1.31 bits per heavy atom. The summed E-state index contributed by atoms with van der Waals surface area (Å²) in [5.74, 6) is 1.23. The molecule has 3 aromatic heterocycles. The molecule has 4 rings (SSSR count). The van der Waals surface area contributed by atoms with Gasteiger partial charge in [-0.25, -0.2) is 9.67 Å². The van der Waals surface area contributed by atoms with Gasteiger partial charge in [-0.2, -0.15) is 9.90 Å². The second kappa shape index (κ2) is 7.14. The zero-order chi connectivity index (χ0) is 18.1. The van der Waals surface area contributed by atoms with Crippen LogP contribution in [-0.2, 0) is 26.6 Å². The molecule has 0 N–H and O–H groups in total. The van der Waals surface area contributed by atoms with Gasteiger partial charge in [0.25, 0.3) is 5.88 Å². The normalized spacial score (nSPS) is 14.0. The van der Waals surface area contributed by atoms with E-state index < -0.39 is 0 Å². The fraction of sp³-hybridized carbons (Fsp3) is 0.471. The molecule has 1 aliphatic rings. The van der Waals surface area contributed by atoms with Crippen LogP contribution in [0.5, 0.6) is 5.88 Å². The molecule has 0 unspecified atom stereocenters. The molecule has 0 saturated heterocycles. The molecule has 0 bridgehead atoms. The third kappa shape index (κ3) is 3.62. The summed E-state index contributed by atoms with van der Waals surface area (Å²) in [5.41, 5.74) is 3.34. The molecule has 0 spiro atoms. The van der Waals surface area contributed by atoms with Gasteiger partial charge in [0.15, 0.2) is 0 Å². The van der Waals surface area contributed by atoms with E-state index in [-0.39, 0.29) is 0 Å². The molecule has 1 saturated carbocycles. The highest BCUT2D eigenvalue weighted by Crippen LogP contribution is 2.30. The van der Waals surface area contributed by atoms with Gasteiger partial charge >= 0.3 is 0 Å². The minimum atomic E-state index is 0.306. The number of hydrogen-bond acceptors (Lipinski definition) is 6. The summed E-state index contributed by atoms with van der Waals surface area (Å²) in [6, 6.07) is 3.92. The van der Waals surface area contributed by atoms with E-state index in [2.05, 4.69) is 48.3 Å². The van der Waals surface area contributed by atoms with Gasteiger partial charge in [0, 0.05) is 11.5 Å². The number of nitrogens with zero attached hydrogens (tertiary/aromatic N) is 7. The molecule has 1 aliphatic carbocycles. The van der Waals surface area contributed by atoms with Crippen LogP contribution >= 0.6 is 15.9 Å². The Labute approximate surface area is 159 Å². The molecule has 3 heterocycles. The first-order chi connectivity index (χ1) is 12.6. The van der Waals surface area contributed by atoms with Gasteiger partial charge in [0.1, 0.15) is 24.2 Å². The Hall–Kier alpha value is -2.29. The Morgan fingerprint density at radius 2 is 2.15 bits per heavy atom. The average molecular weight is 418 g/mol. The van der Waals surface area contributed by atoms with Crippen molar-refractivity contribution in [1.29, 1.82) is 0 Å². The van der Waals surface area contributed by atoms with E-state index in [4.69, 9.17) is 4.74 Å². The van der Waals surface area contributed by atoms with Gasteiger partial charge in [-0.3, -0.25) is 0 Å². The molecule has 0 aliphatic heterocycles. The molecule has 8 nitrogen and oxygen atoms in total. The predicted octanol–water partition coefficient (Wildman–Crippen LogP) is 2.78. The maximum absolute atomic E-state index is 5.82. The summed E-state index contributed by atoms with van der Waals surface area (Å²) < 4.78 is 8.53. The molecular formula is C17H20BrN7O. The summed E-state index contributed by atoms with van der Waals surface area (Å²) >= 11 is 3.53. The minimum absolute atomic E-state index is 0.306. The SMILES string of the molecule is CCc1nc(-c2nnn(C)c2COc2cnn(CC3CC3)n2)ccc1Br. The molecule has 26 heavy (non-hydrogen) atoms. The second-order valence-electron chi connectivity index (χ2n) is 6.46. The number of aryl methyl sites for hydroxylation is 2. The first kappa shape index (κ1) is 17.1. The zero-order valence-electron chi connectivity index (χ0n) is 14.8. The highest BCUT2D eigenvalue weighted by atomic mass is 79.9. The van der Waals surface area contributed by atoms with E-state index in [1.807, 2.05) is 19.2 Å². The lowest BCUT2D eigenvalue weighted by atomic mass is 10.2. The largest absolute Gasteiger partial charge is 0.469 e. The molecule has 9 heteroatoms. The van der Waals surface area contributed by atoms with Gasteiger partial charge < -0.3 is 4.74 Å². The number of aromatic nitrogens is 7. The second-order valence-corrected chi connectivity index (χ2v) is 7.31. The molecule has 0 radical (unpaired) electrons. The van der Waals surface area contributed by atoms with Crippen LogP contribution in [0.3, 0.4) is 0 Å². The highest BCUT2D eigenvalue weighted by Gasteiger charge is 2.23. The monoisotopic (exact) mass is 417 g/mol. The summed E-state index contributed by atoms with van der Waals surface area (Å²) in [4.78, 5) is 6.39. The molecule has 3 aromatic rings. The zero-order valence-corrected chi connectivity index (χ0v) is 16.3. The van der Waals surface area contributed by atoms with Crippen molar-refractivity contribution in [2.75, 3.05) is 0 Å². The maximum atomic E-state index is 5.82. The molecule has 0 atom stereocenters. The lowest BCUT2D eigenvalue weighted by molar-refractivity contribution is 0.279. The predicted molar refractivity (Wildman–Crippen MR) is 98.4 cm³/mol. The van der Waals surface area contributed by atoms with E-state index in [1.165, 1.54) is 12.8 Å². The van der Waals surface area contributed by atoms with Crippen LogP contribution in [0.1, 0.15) is 31.2 Å². The van der Waals surface area contributed by atoms with E-state index in [0.717, 1.165) is 46.1 Å². The summed E-state index contributed by atoms with van der Waals surface area (Å²) in [7, 11) is 1.85. The fourth-order valence-corrected chi connectivity index (χ4v) is 3.21. The summed E-state index contributed by atoms with van der Waals surface area (Å²) in [6.07, 6.45) is 5.02. The number of halogens is 1. The average Bonchev–Trinajstić information content (AvgIpc) is 3.21. The van der Waals surface area contributed by atoms with Crippen LogP contribution in [0.15, 0.2) is 22.8 Å². The number of ether oxygens (including phenoxy) is 1. The first-order valence-corrected chi connectivity index (χ1v) is 9.50. The first-order valence-electron chi connectivity index (χ1n) is 8.71. The third-order valence-electron chi connectivity index (χ3n) is 4.43. The van der Waals surface area contributed by atoms with Crippen LogP contribution in [0.4, 0.5) is 0 Å². The van der Waals surface area contributed by atoms with E-state index in [0.29, 0.717) is 12.5 Å². The summed E-state index contributed by atoms with van der Waals surface area (Å²) in [6.45, 7) is 3.24. The molecule has 1 fully saturated rings. The van der Waals surface area contributed by atoms with Crippen LogP contribution in [-0.4, -0.2) is 35.0 Å². The van der Waals surface area contributed by atoms with Crippen molar-refractivity contribution in [2.24, 2.45) is 13.0 Å². The standard InChI is InChI=1S/C17H20BrN7O/c1-3-13-12(18)6-7-14(20-13)17-15(24(2)23-21-17)10-26-16-8-19-25(22-16)9-11-4-5-11/h6-8,11H,3-5,9-10H2,1-2H3. The van der Waals surface area contributed by atoms with Gasteiger partial charge in [-0.1, -0.05) is 12.1 Å². The fourth-order valence-electron chi connectivity index (χ4n) is 2.71. The van der Waals surface area contributed by atoms with E-state index in [9.17, 15) is 0 Å². The Morgan fingerprint density at radius 3 is 2.92 bits per heavy atom. The number of rotatable bonds is 7. The smallest absolute Gasteiger partial charge is 0.253 e. The van der Waals surface area contributed by atoms with Crippen LogP contribution < -0.4 is 4.74 Å². The van der Waals surface area contributed by atoms with Crippen molar-refractivity contribution in [3.63, 3.8) is 0 Å². The van der Waals surface area contributed by atoms with Crippen molar-refractivity contribution >= 4 is 15.9 Å². The Kier molecular flexibility index (Phi) is 4.71. The maximum Gasteiger partial charge on any atom is 0.253 e. The molecular weight excluding hydrogens is 398 g/mol. The van der Waals surface area contributed by atoms with Crippen molar-refractivity contribution < 1.29 is 4.74 Å². The Bertz CT molecular complexity index is 916. The Balaban J connectivity index is 1.52. The van der Waals surface area contributed by atoms with Crippen LogP contribution in [0.2, 0.25) is 0 Å². The third-order valence-corrected chi connectivity index (χ3v) is 5.15. The lowest BCUT2D eigenvalue weighted by Gasteiger charge is -2.07. The van der Waals surface area contributed by atoms with Crippen LogP contribution in [0, 0.1) is 5.92 Å². The quantitative estimate of drug-likeness (QED) is 0.587. The molecule has 0 aromatic carbocycles. The van der Waals surface area contributed by atoms with E-state index in [1.54, 1.807) is 15.7 Å². The van der Waals surface area contributed by atoms with Crippen molar-refractivity contribution in [3.8, 4) is 17.3 Å². The van der Waals surface area contributed by atoms with Crippen molar-refractivity contribution in [2.45, 2.75) is 39.3 Å². The van der Waals surface area contributed by atoms with Gasteiger partial charge in [-0.15, -0.1) is 10.2 Å². The van der Waals surface area contributed by atoms with Gasteiger partial charge in [0.2, 0.25) is 0 Å². The summed E-state index contributed by atoms with van der Waals surface area (Å²) in [5, 5.41) is 17.0.